The Morgan fingerprint density at radius 2 is 1.96 bits per heavy atom. The molecule has 1 amide bonds. The van der Waals surface area contributed by atoms with E-state index in [0.29, 0.717) is 34.3 Å². The highest BCUT2D eigenvalue weighted by Crippen LogP contribution is 2.47. The van der Waals surface area contributed by atoms with Gasteiger partial charge in [0.15, 0.2) is 4.80 Å². The molecule has 0 N–H and O–H groups in total. The van der Waals surface area contributed by atoms with Crippen molar-refractivity contribution in [2.45, 2.75) is 45.4 Å². The van der Waals surface area contributed by atoms with Crippen LogP contribution in [0.5, 0.6) is 5.75 Å². The van der Waals surface area contributed by atoms with Crippen LogP contribution in [0.15, 0.2) is 23.2 Å². The summed E-state index contributed by atoms with van der Waals surface area (Å²) in [4.78, 5) is 19.0. The summed E-state index contributed by atoms with van der Waals surface area (Å²) < 4.78 is 18.8. The van der Waals surface area contributed by atoms with E-state index in [4.69, 9.17) is 25.8 Å². The second kappa shape index (κ2) is 7.63. The zero-order valence-electron chi connectivity index (χ0n) is 17.0. The second-order valence-corrected chi connectivity index (χ2v) is 9.01. The molecule has 3 rings (SSSR count). The van der Waals surface area contributed by atoms with Gasteiger partial charge in [-0.05, 0) is 45.9 Å². The van der Waals surface area contributed by atoms with Gasteiger partial charge < -0.3 is 18.8 Å². The monoisotopic (exact) mass is 424 g/mol. The Labute approximate surface area is 173 Å². The molecule has 0 saturated heterocycles. The summed E-state index contributed by atoms with van der Waals surface area (Å²) in [6.07, 6.45) is 0. The molecule has 2 heterocycles. The lowest BCUT2D eigenvalue weighted by molar-refractivity contribution is -0.106. The minimum atomic E-state index is -0.492. The number of carbonyl (C=O) groups is 1. The number of ether oxygens (including phenoxy) is 3. The SMILES string of the molecule is COCCn1c2c(s/c1=N\C(=O)c1cc(Cl)ccc1OC)C(C)(C)OC2(C)C. The summed E-state index contributed by atoms with van der Waals surface area (Å²) in [6, 6.07) is 4.92. The van der Waals surface area contributed by atoms with E-state index in [-0.39, 0.29) is 0 Å². The molecule has 6 nitrogen and oxygen atoms in total. The molecule has 1 aromatic heterocycles. The van der Waals surface area contributed by atoms with Gasteiger partial charge in [-0.15, -0.1) is 0 Å². The predicted molar refractivity (Wildman–Crippen MR) is 109 cm³/mol. The first-order valence-corrected chi connectivity index (χ1v) is 10.2. The Morgan fingerprint density at radius 1 is 1.25 bits per heavy atom. The van der Waals surface area contributed by atoms with Crippen molar-refractivity contribution in [1.29, 1.82) is 0 Å². The third kappa shape index (κ3) is 3.76. The van der Waals surface area contributed by atoms with Crippen molar-refractivity contribution in [3.05, 3.63) is 44.2 Å². The number of carbonyl (C=O) groups excluding carboxylic acids is 1. The first-order chi connectivity index (χ1) is 13.1. The summed E-state index contributed by atoms with van der Waals surface area (Å²) >= 11 is 7.54. The third-order valence-corrected chi connectivity index (χ3v) is 6.26. The van der Waals surface area contributed by atoms with Crippen LogP contribution in [0, 0.1) is 0 Å². The molecule has 0 unspecified atom stereocenters. The zero-order valence-corrected chi connectivity index (χ0v) is 18.5. The Balaban J connectivity index is 2.17. The highest BCUT2D eigenvalue weighted by atomic mass is 35.5. The van der Waals surface area contributed by atoms with E-state index in [1.165, 1.54) is 18.4 Å². The van der Waals surface area contributed by atoms with Crippen LogP contribution in [0.2, 0.25) is 5.02 Å². The van der Waals surface area contributed by atoms with E-state index in [9.17, 15) is 4.79 Å². The lowest BCUT2D eigenvalue weighted by Crippen LogP contribution is -2.30. The van der Waals surface area contributed by atoms with Gasteiger partial charge in [0.1, 0.15) is 11.4 Å². The number of aromatic nitrogens is 1. The van der Waals surface area contributed by atoms with Gasteiger partial charge in [-0.1, -0.05) is 22.9 Å². The quantitative estimate of drug-likeness (QED) is 0.724. The molecule has 0 spiro atoms. The number of thiazole rings is 1. The van der Waals surface area contributed by atoms with Gasteiger partial charge in [0.05, 0.1) is 35.5 Å². The number of hydrogen-bond donors (Lipinski definition) is 0. The second-order valence-electron chi connectivity index (χ2n) is 7.59. The van der Waals surface area contributed by atoms with Crippen molar-refractivity contribution in [3.63, 3.8) is 0 Å². The molecule has 8 heteroatoms. The molecule has 152 valence electrons. The standard InChI is InChI=1S/C20H25ClN2O4S/c1-19(2)15-16(20(3,4)27-19)28-18(23(15)9-10-25-5)22-17(24)13-11-12(21)7-8-14(13)26-6/h7-8,11H,9-10H2,1-6H3/b22-18-. The fourth-order valence-electron chi connectivity index (χ4n) is 3.62. The van der Waals surface area contributed by atoms with Crippen molar-refractivity contribution in [1.82, 2.24) is 4.57 Å². The largest absolute Gasteiger partial charge is 0.496 e. The number of benzene rings is 1. The minimum absolute atomic E-state index is 0.330. The Morgan fingerprint density at radius 3 is 2.61 bits per heavy atom. The summed E-state index contributed by atoms with van der Waals surface area (Å²) in [5, 5.41) is 0.455. The summed E-state index contributed by atoms with van der Waals surface area (Å²) in [7, 11) is 3.17. The maximum atomic E-state index is 12.9. The summed E-state index contributed by atoms with van der Waals surface area (Å²) in [6.45, 7) is 9.20. The normalized spacial score (nSPS) is 17.6. The Kier molecular flexibility index (Phi) is 5.74. The smallest absolute Gasteiger partial charge is 0.283 e. The average molecular weight is 425 g/mol. The molecule has 1 aromatic carbocycles. The minimum Gasteiger partial charge on any atom is -0.496 e. The molecule has 0 bridgehead atoms. The molecule has 0 fully saturated rings. The van der Waals surface area contributed by atoms with Crippen molar-refractivity contribution >= 4 is 28.8 Å². The van der Waals surface area contributed by atoms with Crippen molar-refractivity contribution in [2.75, 3.05) is 20.8 Å². The molecule has 0 radical (unpaired) electrons. The predicted octanol–water partition coefficient (Wildman–Crippen LogP) is 4.10. The molecule has 1 aliphatic rings. The van der Waals surface area contributed by atoms with Gasteiger partial charge in [0.2, 0.25) is 0 Å². The van der Waals surface area contributed by atoms with Gasteiger partial charge in [-0.25, -0.2) is 0 Å². The zero-order chi connectivity index (χ0) is 20.7. The molecule has 2 aromatic rings. The Hall–Kier alpha value is -1.67. The van der Waals surface area contributed by atoms with Crippen molar-refractivity contribution in [2.24, 2.45) is 4.99 Å². The van der Waals surface area contributed by atoms with E-state index in [2.05, 4.69) is 4.99 Å². The van der Waals surface area contributed by atoms with E-state index in [1.54, 1.807) is 25.3 Å². The van der Waals surface area contributed by atoms with Crippen LogP contribution in [0.3, 0.4) is 0 Å². The highest BCUT2D eigenvalue weighted by Gasteiger charge is 2.47. The number of methoxy groups -OCH3 is 2. The molecule has 0 aliphatic carbocycles. The maximum Gasteiger partial charge on any atom is 0.283 e. The number of rotatable bonds is 5. The van der Waals surface area contributed by atoms with E-state index < -0.39 is 17.1 Å². The van der Waals surface area contributed by atoms with Crippen LogP contribution in [-0.2, 0) is 27.2 Å². The van der Waals surface area contributed by atoms with Crippen molar-refractivity contribution in [3.8, 4) is 5.75 Å². The number of amides is 1. The third-order valence-electron chi connectivity index (χ3n) is 4.64. The number of nitrogens with zero attached hydrogens (tertiary/aromatic N) is 2. The van der Waals surface area contributed by atoms with E-state index in [1.807, 2.05) is 32.3 Å². The molecular weight excluding hydrogens is 400 g/mol. The van der Waals surface area contributed by atoms with Crippen LogP contribution in [-0.4, -0.2) is 31.3 Å². The van der Waals surface area contributed by atoms with Gasteiger partial charge in [-0.2, -0.15) is 4.99 Å². The molecule has 0 atom stereocenters. The fourth-order valence-corrected chi connectivity index (χ4v) is 5.14. The van der Waals surface area contributed by atoms with Gasteiger partial charge >= 0.3 is 0 Å². The van der Waals surface area contributed by atoms with Crippen LogP contribution in [0.4, 0.5) is 0 Å². The Bertz CT molecular complexity index is 975. The number of fused-ring (bicyclic) bond motifs is 1. The van der Waals surface area contributed by atoms with Crippen LogP contribution in [0.25, 0.3) is 0 Å². The van der Waals surface area contributed by atoms with Crippen LogP contribution >= 0.6 is 22.9 Å². The molecule has 0 saturated carbocycles. The molecular formula is C20H25ClN2O4S. The lowest BCUT2D eigenvalue weighted by atomic mass is 10.0. The lowest BCUT2D eigenvalue weighted by Gasteiger charge is -2.26. The van der Waals surface area contributed by atoms with Gasteiger partial charge in [-0.3, -0.25) is 4.79 Å². The summed E-state index contributed by atoms with van der Waals surface area (Å²) in [5.74, 6) is 0.0386. The molecule has 28 heavy (non-hydrogen) atoms. The first-order valence-electron chi connectivity index (χ1n) is 8.97. The van der Waals surface area contributed by atoms with Gasteiger partial charge in [0, 0.05) is 18.7 Å². The number of halogens is 1. The van der Waals surface area contributed by atoms with Crippen LogP contribution in [0.1, 0.15) is 48.6 Å². The average Bonchev–Trinajstić information content (AvgIpc) is 3.06. The van der Waals surface area contributed by atoms with Crippen molar-refractivity contribution < 1.29 is 19.0 Å². The van der Waals surface area contributed by atoms with E-state index in [0.717, 1.165) is 10.6 Å². The van der Waals surface area contributed by atoms with Gasteiger partial charge in [0.25, 0.3) is 5.91 Å². The first kappa shape index (κ1) is 21.0. The van der Waals surface area contributed by atoms with E-state index >= 15 is 0 Å². The highest BCUT2D eigenvalue weighted by molar-refractivity contribution is 7.09. The fraction of sp³-hybridized carbons (Fsp3) is 0.500. The molecule has 1 aliphatic heterocycles. The summed E-state index contributed by atoms with van der Waals surface area (Å²) in [5.41, 5.74) is 0.414. The maximum absolute atomic E-state index is 12.9. The van der Waals surface area contributed by atoms with Crippen LogP contribution < -0.4 is 9.54 Å². The topological polar surface area (TPSA) is 62.1 Å². The number of hydrogen-bond acceptors (Lipinski definition) is 5.